The zero-order chi connectivity index (χ0) is 15.9. The van der Waals surface area contributed by atoms with Crippen molar-refractivity contribution in [1.29, 1.82) is 0 Å². The fourth-order valence-corrected chi connectivity index (χ4v) is 2.78. The maximum atomic E-state index is 11.0. The molecule has 0 aromatic heterocycles. The number of rotatable bonds is 2. The molecule has 0 heterocycles. The molecule has 0 radical (unpaired) electrons. The summed E-state index contributed by atoms with van der Waals surface area (Å²) in [5.74, 6) is 0.181. The van der Waals surface area contributed by atoms with Crippen molar-refractivity contribution >= 4 is 7.60 Å². The second-order valence-corrected chi connectivity index (χ2v) is 8.85. The fraction of sp³-hybridized carbons (Fsp3) is 0.600. The van der Waals surface area contributed by atoms with Gasteiger partial charge in [0.1, 0.15) is 5.75 Å². The van der Waals surface area contributed by atoms with Crippen LogP contribution in [-0.4, -0.2) is 5.11 Å². The van der Waals surface area contributed by atoms with E-state index >= 15 is 0 Å². The van der Waals surface area contributed by atoms with Crippen LogP contribution in [0.5, 0.6) is 5.75 Å². The van der Waals surface area contributed by atoms with E-state index in [1.165, 1.54) is 0 Å². The van der Waals surface area contributed by atoms with Crippen LogP contribution in [-0.2, 0) is 21.6 Å². The van der Waals surface area contributed by atoms with Gasteiger partial charge < -0.3 is 19.5 Å². The van der Waals surface area contributed by atoms with Gasteiger partial charge in [0.2, 0.25) is 0 Å². The number of phenols is 1. The first-order valence-corrected chi connectivity index (χ1v) is 8.32. The van der Waals surface area contributed by atoms with Gasteiger partial charge in [0.05, 0.1) is 0 Å². The van der Waals surface area contributed by atoms with E-state index in [2.05, 4.69) is 0 Å². The minimum Gasteiger partial charge on any atom is -0.810 e. The van der Waals surface area contributed by atoms with E-state index in [0.29, 0.717) is 16.7 Å². The van der Waals surface area contributed by atoms with E-state index in [1.54, 1.807) is 12.1 Å². The molecule has 0 fully saturated rings. The van der Waals surface area contributed by atoms with Crippen LogP contribution in [0.1, 0.15) is 58.2 Å². The summed E-state index contributed by atoms with van der Waals surface area (Å²) in [6.07, 6.45) is -0.528. The zero-order valence-electron chi connectivity index (χ0n) is 15.0. The van der Waals surface area contributed by atoms with Crippen LogP contribution in [0, 0.1) is 0 Å². The van der Waals surface area contributed by atoms with Crippen LogP contribution in [0.3, 0.4) is 0 Å². The molecule has 0 aliphatic heterocycles. The third-order valence-electron chi connectivity index (χ3n) is 3.16. The van der Waals surface area contributed by atoms with E-state index in [1.807, 2.05) is 41.5 Å². The maximum absolute atomic E-state index is 11.0. The molecule has 0 amide bonds. The van der Waals surface area contributed by atoms with E-state index in [-0.39, 0.29) is 75.7 Å². The number of hydrogen-bond donors (Lipinski definition) is 1. The van der Waals surface area contributed by atoms with E-state index < -0.39 is 13.8 Å². The van der Waals surface area contributed by atoms with Crippen molar-refractivity contribution < 1.29 is 78.6 Å². The number of hydrogen-bond acceptors (Lipinski definition) is 4. The molecule has 114 valence electrons. The predicted molar refractivity (Wildman–Crippen MR) is 76.8 cm³/mol. The van der Waals surface area contributed by atoms with Gasteiger partial charge in [0.15, 0.2) is 0 Å². The van der Waals surface area contributed by atoms with Gasteiger partial charge in [-0.2, -0.15) is 0 Å². The predicted octanol–water partition coefficient (Wildman–Crippen LogP) is -3.59. The van der Waals surface area contributed by atoms with Gasteiger partial charge in [-0.1, -0.05) is 61.3 Å². The van der Waals surface area contributed by atoms with Gasteiger partial charge >= 0.3 is 59.1 Å². The average Bonchev–Trinajstić information content (AvgIpc) is 2.14. The molecular weight excluding hydrogens is 321 g/mol. The van der Waals surface area contributed by atoms with Crippen LogP contribution >= 0.6 is 7.60 Å². The van der Waals surface area contributed by atoms with Crippen molar-refractivity contribution in [2.45, 2.75) is 58.5 Å². The molecule has 7 heteroatoms. The summed E-state index contributed by atoms with van der Waals surface area (Å²) in [5, 5.41) is 10.5. The molecule has 1 aromatic carbocycles. The van der Waals surface area contributed by atoms with Crippen molar-refractivity contribution in [3.8, 4) is 5.75 Å². The van der Waals surface area contributed by atoms with Gasteiger partial charge in [-0.05, 0) is 27.5 Å². The van der Waals surface area contributed by atoms with Crippen molar-refractivity contribution in [3.05, 3.63) is 28.8 Å². The Morgan fingerprint density at radius 3 is 1.50 bits per heavy atom. The second-order valence-electron chi connectivity index (χ2n) is 7.31. The molecule has 0 aliphatic rings. The first-order chi connectivity index (χ1) is 8.72. The molecule has 0 unspecified atom stereocenters. The molecule has 1 N–H and O–H groups in total. The molecule has 0 saturated heterocycles. The third-order valence-corrected chi connectivity index (χ3v) is 3.91. The molecule has 0 aliphatic carbocycles. The molecule has 4 nitrogen and oxygen atoms in total. The van der Waals surface area contributed by atoms with Crippen LogP contribution < -0.4 is 68.9 Å². The third kappa shape index (κ3) is 7.38. The Labute approximate surface area is 177 Å². The quantitative estimate of drug-likeness (QED) is 0.444. The Morgan fingerprint density at radius 2 is 1.27 bits per heavy atom. The topological polar surface area (TPSA) is 83.4 Å². The molecule has 0 saturated carbocycles. The zero-order valence-corrected chi connectivity index (χ0v) is 19.9. The summed E-state index contributed by atoms with van der Waals surface area (Å²) in [6, 6.07) is 3.24. The molecule has 22 heavy (non-hydrogen) atoms. The van der Waals surface area contributed by atoms with Gasteiger partial charge in [0, 0.05) is 6.16 Å². The number of aromatic hydroxyl groups is 1. The SMILES string of the molecule is CC(C)(C)c1cc(CP(=O)([O-])[O-])cc(C(C)(C)C)c1O.[Na+].[Na+]. The van der Waals surface area contributed by atoms with E-state index in [0.717, 1.165) is 0 Å². The average molecular weight is 344 g/mol. The summed E-state index contributed by atoms with van der Waals surface area (Å²) >= 11 is 0. The normalized spacial score (nSPS) is 12.4. The number of benzene rings is 1. The summed E-state index contributed by atoms with van der Waals surface area (Å²) in [7, 11) is -4.63. The van der Waals surface area contributed by atoms with E-state index in [9.17, 15) is 19.5 Å². The van der Waals surface area contributed by atoms with Crippen molar-refractivity contribution in [1.82, 2.24) is 0 Å². The molecule has 1 rings (SSSR count). The largest absolute Gasteiger partial charge is 1.00 e. The molecule has 1 aromatic rings. The summed E-state index contributed by atoms with van der Waals surface area (Å²) in [4.78, 5) is 22.0. The van der Waals surface area contributed by atoms with Crippen molar-refractivity contribution in [2.75, 3.05) is 0 Å². The van der Waals surface area contributed by atoms with Crippen LogP contribution in [0.2, 0.25) is 0 Å². The summed E-state index contributed by atoms with van der Waals surface area (Å²) < 4.78 is 11.0. The Kier molecular flexibility index (Phi) is 9.83. The molecule has 0 spiro atoms. The fourth-order valence-electron chi connectivity index (χ4n) is 2.15. The first-order valence-electron chi connectivity index (χ1n) is 6.60. The second kappa shape index (κ2) is 8.51. The standard InChI is InChI=1S/C15H25O4P.2Na/c1-14(2,3)11-7-10(9-20(17,18)19)8-12(13(11)16)15(4,5)6;;/h7-8,16H,9H2,1-6H3,(H2,17,18,19);;/q;2*+1/p-2. The van der Waals surface area contributed by atoms with Crippen LogP contribution in [0.25, 0.3) is 0 Å². The number of phenolic OH excluding ortho intramolecular Hbond substituents is 1. The van der Waals surface area contributed by atoms with Crippen LogP contribution in [0.15, 0.2) is 12.1 Å². The minimum atomic E-state index is -4.63. The van der Waals surface area contributed by atoms with Gasteiger partial charge in [-0.3, -0.25) is 0 Å². The maximum Gasteiger partial charge on any atom is 1.00 e. The Morgan fingerprint density at radius 1 is 0.955 bits per heavy atom. The van der Waals surface area contributed by atoms with Crippen molar-refractivity contribution in [3.63, 3.8) is 0 Å². The molecular formula is C15H23Na2O4P. The first kappa shape index (κ1) is 25.4. The van der Waals surface area contributed by atoms with Gasteiger partial charge in [-0.25, -0.2) is 0 Å². The Hall–Kier alpha value is 1.17. The Bertz CT molecular complexity index is 519. The monoisotopic (exact) mass is 344 g/mol. The summed E-state index contributed by atoms with van der Waals surface area (Å²) in [6.45, 7) is 11.6. The molecule has 0 atom stereocenters. The smallest absolute Gasteiger partial charge is 0.810 e. The van der Waals surface area contributed by atoms with Crippen LogP contribution in [0.4, 0.5) is 0 Å². The van der Waals surface area contributed by atoms with Crippen molar-refractivity contribution in [2.24, 2.45) is 0 Å². The molecule has 0 bridgehead atoms. The van der Waals surface area contributed by atoms with Gasteiger partial charge in [0.25, 0.3) is 0 Å². The van der Waals surface area contributed by atoms with E-state index in [4.69, 9.17) is 0 Å². The van der Waals surface area contributed by atoms with Gasteiger partial charge in [-0.15, -0.1) is 0 Å². The minimum absolute atomic E-state index is 0. The summed E-state index contributed by atoms with van der Waals surface area (Å²) in [5.41, 5.74) is 1.08. The Balaban J connectivity index is 0.